The Morgan fingerprint density at radius 3 is 2.62 bits per heavy atom. The summed E-state index contributed by atoms with van der Waals surface area (Å²) < 4.78 is 5.50. The van der Waals surface area contributed by atoms with Crippen molar-refractivity contribution in [3.8, 4) is 0 Å². The van der Waals surface area contributed by atoms with Gasteiger partial charge >= 0.3 is 0 Å². The van der Waals surface area contributed by atoms with Crippen LogP contribution in [0.25, 0.3) is 0 Å². The molecule has 0 radical (unpaired) electrons. The standard InChI is InChI=1S/C21H31ClN2O2/c1-3-15(4-2)20(24-9-11-26-12-10-24)14-23-21(25)18-13-17(18)16-7-5-6-8-19(16)22/h5-8,15,17-18,20H,3-4,9-14H2,1-2H3,(H,23,25). The van der Waals surface area contributed by atoms with Crippen molar-refractivity contribution in [2.45, 2.75) is 45.1 Å². The van der Waals surface area contributed by atoms with Gasteiger partial charge in [-0.1, -0.05) is 56.5 Å². The average molecular weight is 379 g/mol. The SMILES string of the molecule is CCC(CC)C(CNC(=O)C1CC1c1ccccc1Cl)N1CCOCC1. The molecule has 1 aromatic carbocycles. The van der Waals surface area contributed by atoms with Crippen molar-refractivity contribution in [2.75, 3.05) is 32.8 Å². The monoisotopic (exact) mass is 378 g/mol. The third-order valence-electron chi connectivity index (χ3n) is 6.02. The minimum Gasteiger partial charge on any atom is -0.379 e. The van der Waals surface area contributed by atoms with Crippen LogP contribution in [0.2, 0.25) is 5.02 Å². The van der Waals surface area contributed by atoms with Gasteiger partial charge in [-0.05, 0) is 29.9 Å². The van der Waals surface area contributed by atoms with Crippen molar-refractivity contribution in [1.29, 1.82) is 0 Å². The summed E-state index contributed by atoms with van der Waals surface area (Å²) >= 11 is 6.29. The lowest BCUT2D eigenvalue weighted by atomic mass is 9.92. The molecule has 26 heavy (non-hydrogen) atoms. The molecule has 2 fully saturated rings. The van der Waals surface area contributed by atoms with E-state index in [-0.39, 0.29) is 17.7 Å². The van der Waals surface area contributed by atoms with Crippen LogP contribution in [0.4, 0.5) is 0 Å². The van der Waals surface area contributed by atoms with Crippen molar-refractivity contribution < 1.29 is 9.53 Å². The van der Waals surface area contributed by atoms with Crippen molar-refractivity contribution in [2.24, 2.45) is 11.8 Å². The van der Waals surface area contributed by atoms with Crippen molar-refractivity contribution in [3.05, 3.63) is 34.9 Å². The normalized spacial score (nSPS) is 24.5. The molecule has 1 N–H and O–H groups in total. The van der Waals surface area contributed by atoms with Gasteiger partial charge in [0, 0.05) is 36.6 Å². The van der Waals surface area contributed by atoms with Crippen LogP contribution in [0.5, 0.6) is 0 Å². The van der Waals surface area contributed by atoms with Crippen LogP contribution in [0.1, 0.15) is 44.6 Å². The van der Waals surface area contributed by atoms with Crippen molar-refractivity contribution >= 4 is 17.5 Å². The Morgan fingerprint density at radius 1 is 1.27 bits per heavy atom. The molecule has 1 amide bonds. The first-order valence-electron chi connectivity index (χ1n) is 9.99. The van der Waals surface area contributed by atoms with Gasteiger partial charge in [0.25, 0.3) is 0 Å². The molecule has 4 nitrogen and oxygen atoms in total. The predicted molar refractivity (Wildman–Crippen MR) is 106 cm³/mol. The second-order valence-corrected chi connectivity index (χ2v) is 7.91. The van der Waals surface area contributed by atoms with Crippen LogP contribution in [0, 0.1) is 11.8 Å². The van der Waals surface area contributed by atoms with Crippen LogP contribution in [0.15, 0.2) is 24.3 Å². The number of morpholine rings is 1. The van der Waals surface area contributed by atoms with Gasteiger partial charge in [0.1, 0.15) is 0 Å². The number of carbonyl (C=O) groups is 1. The van der Waals surface area contributed by atoms with E-state index in [1.54, 1.807) is 0 Å². The third-order valence-corrected chi connectivity index (χ3v) is 6.37. The number of amides is 1. The largest absolute Gasteiger partial charge is 0.379 e. The first-order chi connectivity index (χ1) is 12.7. The molecule has 1 heterocycles. The summed E-state index contributed by atoms with van der Waals surface area (Å²) in [5.74, 6) is 1.13. The number of benzene rings is 1. The highest BCUT2D eigenvalue weighted by Gasteiger charge is 2.45. The highest BCUT2D eigenvalue weighted by atomic mass is 35.5. The molecule has 0 aromatic heterocycles. The maximum Gasteiger partial charge on any atom is 0.223 e. The van der Waals surface area contributed by atoms with Crippen LogP contribution in [-0.2, 0) is 9.53 Å². The molecular weight excluding hydrogens is 348 g/mol. The fourth-order valence-corrected chi connectivity index (χ4v) is 4.55. The summed E-state index contributed by atoms with van der Waals surface area (Å²) in [6, 6.07) is 8.28. The Bertz CT molecular complexity index is 599. The van der Waals surface area contributed by atoms with Crippen LogP contribution >= 0.6 is 11.6 Å². The molecule has 3 atom stereocenters. The molecule has 0 spiro atoms. The van der Waals surface area contributed by atoms with Gasteiger partial charge in [-0.2, -0.15) is 0 Å². The van der Waals surface area contributed by atoms with E-state index in [0.717, 1.165) is 62.7 Å². The molecular formula is C21H31ClN2O2. The molecule has 0 bridgehead atoms. The van der Waals surface area contributed by atoms with Gasteiger partial charge in [0.2, 0.25) is 5.91 Å². The van der Waals surface area contributed by atoms with Crippen LogP contribution in [0.3, 0.4) is 0 Å². The lowest BCUT2D eigenvalue weighted by Crippen LogP contribution is -2.52. The number of halogens is 1. The molecule has 3 rings (SSSR count). The maximum atomic E-state index is 12.7. The highest BCUT2D eigenvalue weighted by molar-refractivity contribution is 6.31. The smallest absolute Gasteiger partial charge is 0.223 e. The Kier molecular flexibility index (Phi) is 6.96. The van der Waals surface area contributed by atoms with E-state index in [1.165, 1.54) is 0 Å². The van der Waals surface area contributed by atoms with Gasteiger partial charge in [0.05, 0.1) is 13.2 Å². The number of rotatable bonds is 8. The van der Waals surface area contributed by atoms with E-state index in [9.17, 15) is 4.79 Å². The van der Waals surface area contributed by atoms with E-state index in [2.05, 4.69) is 24.1 Å². The molecule has 1 aliphatic heterocycles. The summed E-state index contributed by atoms with van der Waals surface area (Å²) in [5, 5.41) is 4.02. The van der Waals surface area contributed by atoms with Gasteiger partial charge in [0.15, 0.2) is 0 Å². The van der Waals surface area contributed by atoms with E-state index >= 15 is 0 Å². The summed E-state index contributed by atoms with van der Waals surface area (Å²) in [5.41, 5.74) is 1.11. The fraction of sp³-hybridized carbons (Fsp3) is 0.667. The number of ether oxygens (including phenoxy) is 1. The second kappa shape index (κ2) is 9.20. The summed E-state index contributed by atoms with van der Waals surface area (Å²) in [7, 11) is 0. The Labute approximate surface area is 162 Å². The van der Waals surface area contributed by atoms with Gasteiger partial charge < -0.3 is 10.1 Å². The third kappa shape index (κ3) is 4.59. The van der Waals surface area contributed by atoms with Crippen LogP contribution < -0.4 is 5.32 Å². The lowest BCUT2D eigenvalue weighted by molar-refractivity contribution is -0.122. The minimum absolute atomic E-state index is 0.0712. The molecule has 1 saturated heterocycles. The average Bonchev–Trinajstić information content (AvgIpc) is 3.46. The lowest BCUT2D eigenvalue weighted by Gasteiger charge is -2.38. The number of hydrogen-bond donors (Lipinski definition) is 1. The molecule has 1 aromatic rings. The Morgan fingerprint density at radius 2 is 1.96 bits per heavy atom. The molecule has 3 unspecified atom stereocenters. The van der Waals surface area contributed by atoms with Gasteiger partial charge in [-0.25, -0.2) is 0 Å². The molecule has 2 aliphatic rings. The minimum atomic E-state index is 0.0712. The van der Waals surface area contributed by atoms with E-state index in [4.69, 9.17) is 16.3 Å². The first kappa shape index (κ1) is 19.7. The number of hydrogen-bond acceptors (Lipinski definition) is 3. The topological polar surface area (TPSA) is 41.6 Å². The molecule has 144 valence electrons. The van der Waals surface area contributed by atoms with Gasteiger partial charge in [-0.3, -0.25) is 9.69 Å². The van der Waals surface area contributed by atoms with Crippen LogP contribution in [-0.4, -0.2) is 49.7 Å². The number of nitrogens with one attached hydrogen (secondary N) is 1. The molecule has 1 saturated carbocycles. The highest BCUT2D eigenvalue weighted by Crippen LogP contribution is 2.49. The quantitative estimate of drug-likeness (QED) is 0.750. The summed E-state index contributed by atoms with van der Waals surface area (Å²) in [6.45, 7) is 8.74. The predicted octanol–water partition coefficient (Wildman–Crippen LogP) is 3.70. The fourth-order valence-electron chi connectivity index (χ4n) is 4.28. The van der Waals surface area contributed by atoms with Crippen molar-refractivity contribution in [3.63, 3.8) is 0 Å². The molecule has 1 aliphatic carbocycles. The Balaban J connectivity index is 1.57. The zero-order valence-corrected chi connectivity index (χ0v) is 16.7. The zero-order chi connectivity index (χ0) is 18.5. The van der Waals surface area contributed by atoms with E-state index < -0.39 is 0 Å². The zero-order valence-electron chi connectivity index (χ0n) is 15.9. The van der Waals surface area contributed by atoms with Gasteiger partial charge in [-0.15, -0.1) is 0 Å². The number of carbonyl (C=O) groups excluding carboxylic acids is 1. The summed E-state index contributed by atoms with van der Waals surface area (Å²) in [4.78, 5) is 15.2. The first-order valence-corrected chi connectivity index (χ1v) is 10.4. The van der Waals surface area contributed by atoms with Crippen molar-refractivity contribution in [1.82, 2.24) is 10.2 Å². The maximum absolute atomic E-state index is 12.7. The number of nitrogens with zero attached hydrogens (tertiary/aromatic N) is 1. The Hall–Kier alpha value is -1.10. The van der Waals surface area contributed by atoms with E-state index in [1.807, 2.05) is 24.3 Å². The molecule has 5 heteroatoms. The van der Waals surface area contributed by atoms with E-state index in [0.29, 0.717) is 12.0 Å². The second-order valence-electron chi connectivity index (χ2n) is 7.51. The summed E-state index contributed by atoms with van der Waals surface area (Å²) in [6.07, 6.45) is 3.18.